The van der Waals surface area contributed by atoms with Crippen LogP contribution in [-0.2, 0) is 20.2 Å². The van der Waals surface area contributed by atoms with Gasteiger partial charge in [0.2, 0.25) is 6.08 Å². The van der Waals surface area contributed by atoms with Crippen molar-refractivity contribution < 1.29 is 13.2 Å². The second-order valence-electron chi connectivity index (χ2n) is 5.33. The number of isocyanates is 1. The third-order valence-electron chi connectivity index (χ3n) is 4.10. The third kappa shape index (κ3) is 1.94. The summed E-state index contributed by atoms with van der Waals surface area (Å²) in [6.07, 6.45) is 5.49. The molecule has 0 radical (unpaired) electrons. The summed E-state index contributed by atoms with van der Waals surface area (Å²) in [6, 6.07) is 6.97. The summed E-state index contributed by atoms with van der Waals surface area (Å²) in [5.41, 5.74) is 0.0248. The molecule has 4 nitrogen and oxygen atoms in total. The first-order valence-corrected chi connectivity index (χ1v) is 8.07. The molecule has 0 atom stereocenters. The van der Waals surface area contributed by atoms with Crippen LogP contribution in [0.2, 0.25) is 0 Å². The van der Waals surface area contributed by atoms with Gasteiger partial charge < -0.3 is 0 Å². The molecule has 0 spiro atoms. The Bertz CT molecular complexity index is 651. The molecule has 0 amide bonds. The minimum atomic E-state index is -3.26. The molecule has 0 N–H and O–H groups in total. The summed E-state index contributed by atoms with van der Waals surface area (Å²) in [6.45, 7) is 0. The van der Waals surface area contributed by atoms with Gasteiger partial charge in [-0.1, -0.05) is 18.2 Å². The topological polar surface area (TPSA) is 63.6 Å². The molecule has 0 bridgehead atoms. The van der Waals surface area contributed by atoms with Gasteiger partial charge in [0.1, 0.15) is 0 Å². The highest BCUT2D eigenvalue weighted by Crippen LogP contribution is 2.48. The van der Waals surface area contributed by atoms with Crippen molar-refractivity contribution in [3.05, 3.63) is 29.8 Å². The van der Waals surface area contributed by atoms with Crippen LogP contribution in [-0.4, -0.2) is 19.7 Å². The van der Waals surface area contributed by atoms with Crippen LogP contribution in [0, 0.1) is 0 Å². The zero-order valence-corrected chi connectivity index (χ0v) is 11.3. The molecule has 0 aliphatic heterocycles. The minimum Gasteiger partial charge on any atom is -0.223 e. The summed E-state index contributed by atoms with van der Waals surface area (Å²) < 4.78 is 24.9. The molecule has 0 saturated heterocycles. The molecule has 19 heavy (non-hydrogen) atoms. The van der Waals surface area contributed by atoms with Gasteiger partial charge in [-0.05, 0) is 43.7 Å². The van der Waals surface area contributed by atoms with E-state index < -0.39 is 15.4 Å². The molecular formula is C14H15NO3S. The predicted molar refractivity (Wildman–Crippen MR) is 70.3 cm³/mol. The van der Waals surface area contributed by atoms with Crippen LogP contribution in [0.3, 0.4) is 0 Å². The average molecular weight is 277 g/mol. The van der Waals surface area contributed by atoms with Crippen molar-refractivity contribution in [2.24, 2.45) is 4.99 Å². The number of hydrogen-bond donors (Lipinski definition) is 0. The standard InChI is InChI=1S/C14H15NO3S/c16-10-15-14(8-3-9-14)12-4-1-2-5-13(12)19(17,18)11-6-7-11/h1-2,4-5,11H,3,6-9H2. The van der Waals surface area contributed by atoms with Gasteiger partial charge in [-0.15, -0.1) is 0 Å². The maximum Gasteiger partial charge on any atom is 0.235 e. The van der Waals surface area contributed by atoms with Gasteiger partial charge in [0.05, 0.1) is 15.7 Å². The maximum atomic E-state index is 12.5. The van der Waals surface area contributed by atoms with Crippen molar-refractivity contribution in [3.63, 3.8) is 0 Å². The second kappa shape index (κ2) is 4.29. The monoisotopic (exact) mass is 277 g/mol. The number of sulfone groups is 1. The molecule has 0 aromatic heterocycles. The van der Waals surface area contributed by atoms with Crippen LogP contribution < -0.4 is 0 Å². The van der Waals surface area contributed by atoms with Crippen molar-refractivity contribution in [3.8, 4) is 0 Å². The summed E-state index contributed by atoms with van der Waals surface area (Å²) in [5, 5.41) is -0.244. The van der Waals surface area contributed by atoms with E-state index in [4.69, 9.17) is 0 Å². The highest BCUT2D eigenvalue weighted by atomic mass is 32.2. The molecule has 3 rings (SSSR count). The maximum absolute atomic E-state index is 12.5. The minimum absolute atomic E-state index is 0.244. The highest BCUT2D eigenvalue weighted by molar-refractivity contribution is 7.92. The molecule has 100 valence electrons. The molecule has 1 aromatic rings. The molecule has 2 saturated carbocycles. The first-order valence-electron chi connectivity index (χ1n) is 6.53. The number of nitrogens with zero attached hydrogens (tertiary/aromatic N) is 1. The first kappa shape index (κ1) is 12.6. The van der Waals surface area contributed by atoms with Gasteiger partial charge in [0.15, 0.2) is 9.84 Å². The van der Waals surface area contributed by atoms with E-state index in [0.29, 0.717) is 10.5 Å². The lowest BCUT2D eigenvalue weighted by Gasteiger charge is -2.38. The molecule has 1 aromatic carbocycles. The van der Waals surface area contributed by atoms with E-state index in [9.17, 15) is 13.2 Å². The first-order chi connectivity index (χ1) is 9.10. The van der Waals surface area contributed by atoms with E-state index in [0.717, 1.165) is 32.1 Å². The molecule has 2 aliphatic rings. The van der Waals surface area contributed by atoms with Crippen LogP contribution in [0.15, 0.2) is 34.2 Å². The van der Waals surface area contributed by atoms with E-state index in [-0.39, 0.29) is 5.25 Å². The van der Waals surface area contributed by atoms with Gasteiger partial charge >= 0.3 is 0 Å². The fourth-order valence-corrected chi connectivity index (χ4v) is 4.65. The lowest BCUT2D eigenvalue weighted by molar-refractivity contribution is 0.251. The Kier molecular flexibility index (Phi) is 2.84. The Hall–Kier alpha value is -1.45. The Morgan fingerprint density at radius 1 is 1.21 bits per heavy atom. The van der Waals surface area contributed by atoms with E-state index in [1.54, 1.807) is 24.3 Å². The molecule has 0 unspecified atom stereocenters. The fraction of sp³-hybridized carbons (Fsp3) is 0.500. The van der Waals surface area contributed by atoms with E-state index in [1.165, 1.54) is 0 Å². The predicted octanol–water partition coefficient (Wildman–Crippen LogP) is 2.34. The average Bonchev–Trinajstić information content (AvgIpc) is 3.18. The van der Waals surface area contributed by atoms with Crippen LogP contribution in [0.4, 0.5) is 0 Å². The number of rotatable bonds is 4. The molecular weight excluding hydrogens is 262 g/mol. The Morgan fingerprint density at radius 3 is 2.42 bits per heavy atom. The lowest BCUT2D eigenvalue weighted by Crippen LogP contribution is -2.33. The number of benzene rings is 1. The number of carbonyl (C=O) groups excluding carboxylic acids is 1. The van der Waals surface area contributed by atoms with Crippen LogP contribution in [0.25, 0.3) is 0 Å². The second-order valence-corrected chi connectivity index (χ2v) is 7.53. The summed E-state index contributed by atoms with van der Waals surface area (Å²) >= 11 is 0. The van der Waals surface area contributed by atoms with Crippen molar-refractivity contribution in [2.45, 2.75) is 47.8 Å². The normalized spacial score (nSPS) is 21.3. The SMILES string of the molecule is O=C=NC1(c2ccccc2S(=O)(=O)C2CC2)CCC1. The Balaban J connectivity index is 2.15. The zero-order valence-electron chi connectivity index (χ0n) is 10.5. The fourth-order valence-electron chi connectivity index (χ4n) is 2.70. The van der Waals surface area contributed by atoms with Gasteiger partial charge in [0, 0.05) is 0 Å². The van der Waals surface area contributed by atoms with Crippen molar-refractivity contribution in [2.75, 3.05) is 0 Å². The number of aliphatic imine (C=N–C) groups is 1. The Labute approximate surface area is 112 Å². The Morgan fingerprint density at radius 2 is 1.89 bits per heavy atom. The largest absolute Gasteiger partial charge is 0.235 e. The van der Waals surface area contributed by atoms with E-state index in [1.807, 2.05) is 6.07 Å². The van der Waals surface area contributed by atoms with Gasteiger partial charge in [-0.2, -0.15) is 4.99 Å². The van der Waals surface area contributed by atoms with E-state index >= 15 is 0 Å². The molecule has 2 aliphatic carbocycles. The third-order valence-corrected chi connectivity index (χ3v) is 6.42. The quantitative estimate of drug-likeness (QED) is 0.627. The molecule has 2 fully saturated rings. The van der Waals surface area contributed by atoms with Gasteiger partial charge in [-0.3, -0.25) is 0 Å². The van der Waals surface area contributed by atoms with Crippen molar-refractivity contribution in [1.82, 2.24) is 0 Å². The van der Waals surface area contributed by atoms with Gasteiger partial charge in [0.25, 0.3) is 0 Å². The van der Waals surface area contributed by atoms with Crippen LogP contribution in [0.1, 0.15) is 37.7 Å². The number of hydrogen-bond acceptors (Lipinski definition) is 4. The van der Waals surface area contributed by atoms with E-state index in [2.05, 4.69) is 4.99 Å². The molecule has 0 heterocycles. The lowest BCUT2D eigenvalue weighted by atomic mass is 9.72. The van der Waals surface area contributed by atoms with Gasteiger partial charge in [-0.25, -0.2) is 13.2 Å². The highest BCUT2D eigenvalue weighted by Gasteiger charge is 2.45. The summed E-state index contributed by atoms with van der Waals surface area (Å²) in [4.78, 5) is 14.9. The smallest absolute Gasteiger partial charge is 0.223 e. The summed E-state index contributed by atoms with van der Waals surface area (Å²) in [7, 11) is -3.26. The van der Waals surface area contributed by atoms with Crippen molar-refractivity contribution in [1.29, 1.82) is 0 Å². The molecule has 5 heteroatoms. The summed E-state index contributed by atoms with van der Waals surface area (Å²) in [5.74, 6) is 0. The van der Waals surface area contributed by atoms with Crippen molar-refractivity contribution >= 4 is 15.9 Å². The zero-order chi connectivity index (χ0) is 13.5. The van der Waals surface area contributed by atoms with Crippen LogP contribution in [0.5, 0.6) is 0 Å². The van der Waals surface area contributed by atoms with Crippen LogP contribution >= 0.6 is 0 Å².